The van der Waals surface area contributed by atoms with E-state index < -0.39 is 17.9 Å². The van der Waals surface area contributed by atoms with Crippen LogP contribution in [0.5, 0.6) is 0 Å². The Hall–Kier alpha value is -2.11. The Morgan fingerprint density at radius 3 is 2.62 bits per heavy atom. The van der Waals surface area contributed by atoms with Crippen molar-refractivity contribution in [2.24, 2.45) is 5.73 Å². The second-order valence-corrected chi connectivity index (χ2v) is 3.37. The number of aliphatic carboxylic acids is 1. The molecule has 0 aliphatic rings. The molecule has 1 heterocycles. The van der Waals surface area contributed by atoms with E-state index in [9.17, 15) is 9.59 Å². The van der Waals surface area contributed by atoms with Crippen LogP contribution in [-0.4, -0.2) is 35.1 Å². The predicted molar refractivity (Wildman–Crippen MR) is 58.3 cm³/mol. The number of pyridine rings is 1. The molecule has 0 spiro atoms. The van der Waals surface area contributed by atoms with Crippen LogP contribution in [0.1, 0.15) is 17.4 Å². The van der Waals surface area contributed by atoms with E-state index in [4.69, 9.17) is 10.8 Å². The third kappa shape index (κ3) is 2.47. The van der Waals surface area contributed by atoms with Crippen LogP contribution in [0.2, 0.25) is 0 Å². The third-order valence-electron chi connectivity index (χ3n) is 2.29. The number of primary amides is 1. The summed E-state index contributed by atoms with van der Waals surface area (Å²) in [5.41, 5.74) is 5.20. The predicted octanol–water partition coefficient (Wildman–Crippen LogP) is 0.0898. The molecule has 1 rings (SSSR count). The molecule has 0 saturated heterocycles. The van der Waals surface area contributed by atoms with Crippen LogP contribution < -0.4 is 10.6 Å². The minimum absolute atomic E-state index is 0.113. The number of anilines is 1. The molecule has 0 aliphatic heterocycles. The fourth-order valence-electron chi connectivity index (χ4n) is 1.12. The van der Waals surface area contributed by atoms with Gasteiger partial charge in [0.15, 0.2) is 0 Å². The number of likely N-dealkylation sites (N-methyl/N-ethyl adjacent to an activating group) is 1. The molecule has 1 aromatic rings. The summed E-state index contributed by atoms with van der Waals surface area (Å²) in [5.74, 6) is -1.21. The van der Waals surface area contributed by atoms with E-state index in [0.29, 0.717) is 5.82 Å². The third-order valence-corrected chi connectivity index (χ3v) is 2.29. The van der Waals surface area contributed by atoms with Crippen molar-refractivity contribution in [2.75, 3.05) is 11.9 Å². The molecule has 3 N–H and O–H groups in total. The van der Waals surface area contributed by atoms with Gasteiger partial charge in [0.05, 0.1) is 0 Å². The minimum Gasteiger partial charge on any atom is -0.480 e. The zero-order chi connectivity index (χ0) is 12.3. The van der Waals surface area contributed by atoms with Crippen LogP contribution in [-0.2, 0) is 4.79 Å². The van der Waals surface area contributed by atoms with Gasteiger partial charge >= 0.3 is 5.97 Å². The largest absolute Gasteiger partial charge is 0.480 e. The molecule has 0 aliphatic carbocycles. The molecule has 6 heteroatoms. The molecule has 0 saturated carbocycles. The molecule has 16 heavy (non-hydrogen) atoms. The molecule has 1 aromatic heterocycles. The normalized spacial score (nSPS) is 11.9. The molecule has 0 aromatic carbocycles. The Morgan fingerprint density at radius 2 is 2.12 bits per heavy atom. The van der Waals surface area contributed by atoms with Gasteiger partial charge in [-0.05, 0) is 19.1 Å². The lowest BCUT2D eigenvalue weighted by atomic mass is 10.3. The van der Waals surface area contributed by atoms with E-state index in [-0.39, 0.29) is 5.69 Å². The van der Waals surface area contributed by atoms with Crippen molar-refractivity contribution in [2.45, 2.75) is 13.0 Å². The van der Waals surface area contributed by atoms with Crippen LogP contribution >= 0.6 is 0 Å². The summed E-state index contributed by atoms with van der Waals surface area (Å²) >= 11 is 0. The van der Waals surface area contributed by atoms with Gasteiger partial charge in [-0.2, -0.15) is 0 Å². The Morgan fingerprint density at radius 1 is 1.50 bits per heavy atom. The summed E-state index contributed by atoms with van der Waals surface area (Å²) in [6.45, 7) is 1.53. The van der Waals surface area contributed by atoms with Crippen LogP contribution in [0.25, 0.3) is 0 Å². The maximum Gasteiger partial charge on any atom is 0.326 e. The van der Waals surface area contributed by atoms with Gasteiger partial charge in [-0.1, -0.05) is 6.07 Å². The highest BCUT2D eigenvalue weighted by Gasteiger charge is 2.18. The van der Waals surface area contributed by atoms with Crippen molar-refractivity contribution in [1.82, 2.24) is 4.98 Å². The molecule has 6 nitrogen and oxygen atoms in total. The first-order valence-corrected chi connectivity index (χ1v) is 4.66. The SMILES string of the molecule is CC(C(=O)O)N(C)c1cccc(C(N)=O)n1. The van der Waals surface area contributed by atoms with Crippen molar-refractivity contribution in [3.05, 3.63) is 23.9 Å². The van der Waals surface area contributed by atoms with Crippen molar-refractivity contribution in [3.8, 4) is 0 Å². The number of rotatable bonds is 4. The smallest absolute Gasteiger partial charge is 0.326 e. The lowest BCUT2D eigenvalue weighted by Crippen LogP contribution is -2.36. The second-order valence-electron chi connectivity index (χ2n) is 3.37. The van der Waals surface area contributed by atoms with E-state index in [1.165, 1.54) is 17.9 Å². The molecular formula is C10H13N3O3. The summed E-state index contributed by atoms with van der Waals surface area (Å²) in [6, 6.07) is 3.97. The summed E-state index contributed by atoms with van der Waals surface area (Å²) in [7, 11) is 1.59. The van der Waals surface area contributed by atoms with Crippen LogP contribution in [0.4, 0.5) is 5.82 Å². The van der Waals surface area contributed by atoms with Crippen LogP contribution in [0.15, 0.2) is 18.2 Å². The number of carbonyl (C=O) groups is 2. The Bertz CT molecular complexity index is 420. The maximum atomic E-state index is 10.9. The number of carbonyl (C=O) groups excluding carboxylic acids is 1. The van der Waals surface area contributed by atoms with E-state index >= 15 is 0 Å². The maximum absolute atomic E-state index is 10.9. The van der Waals surface area contributed by atoms with Gasteiger partial charge in [-0.15, -0.1) is 0 Å². The number of nitrogens with zero attached hydrogens (tertiary/aromatic N) is 2. The van der Waals surface area contributed by atoms with Crippen molar-refractivity contribution < 1.29 is 14.7 Å². The Balaban J connectivity index is 3.00. The number of hydrogen-bond acceptors (Lipinski definition) is 4. The molecule has 0 bridgehead atoms. The van der Waals surface area contributed by atoms with E-state index in [1.54, 1.807) is 19.2 Å². The summed E-state index contributed by atoms with van der Waals surface area (Å²) in [6.07, 6.45) is 0. The Kier molecular flexibility index (Phi) is 3.44. The monoisotopic (exact) mass is 223 g/mol. The van der Waals surface area contributed by atoms with Crippen LogP contribution in [0, 0.1) is 0 Å². The van der Waals surface area contributed by atoms with E-state index in [2.05, 4.69) is 4.98 Å². The summed E-state index contributed by atoms with van der Waals surface area (Å²) in [5, 5.41) is 8.83. The highest BCUT2D eigenvalue weighted by Crippen LogP contribution is 2.12. The lowest BCUT2D eigenvalue weighted by Gasteiger charge is -2.22. The second kappa shape index (κ2) is 4.61. The number of carboxylic acid groups (broad SMARTS) is 1. The zero-order valence-corrected chi connectivity index (χ0v) is 9.04. The Labute approximate surface area is 92.7 Å². The summed E-state index contributed by atoms with van der Waals surface area (Å²) < 4.78 is 0. The van der Waals surface area contributed by atoms with Gasteiger partial charge < -0.3 is 15.7 Å². The van der Waals surface area contributed by atoms with Gasteiger partial charge in [-0.25, -0.2) is 9.78 Å². The van der Waals surface area contributed by atoms with Crippen molar-refractivity contribution in [1.29, 1.82) is 0 Å². The average Bonchev–Trinajstić information content (AvgIpc) is 2.27. The number of aromatic nitrogens is 1. The molecule has 1 unspecified atom stereocenters. The topological polar surface area (TPSA) is 96.5 Å². The van der Waals surface area contributed by atoms with E-state index in [0.717, 1.165) is 0 Å². The minimum atomic E-state index is -0.964. The first kappa shape index (κ1) is 12.0. The first-order chi connectivity index (χ1) is 7.43. The highest BCUT2D eigenvalue weighted by atomic mass is 16.4. The zero-order valence-electron chi connectivity index (χ0n) is 9.04. The molecular weight excluding hydrogens is 210 g/mol. The average molecular weight is 223 g/mol. The molecule has 1 amide bonds. The van der Waals surface area contributed by atoms with Crippen molar-refractivity contribution >= 4 is 17.7 Å². The number of nitrogens with two attached hydrogens (primary N) is 1. The van der Waals surface area contributed by atoms with Gasteiger partial charge in [0.25, 0.3) is 5.91 Å². The first-order valence-electron chi connectivity index (χ1n) is 4.66. The molecule has 1 atom stereocenters. The van der Waals surface area contributed by atoms with Gasteiger partial charge in [0.2, 0.25) is 0 Å². The fourth-order valence-corrected chi connectivity index (χ4v) is 1.12. The van der Waals surface area contributed by atoms with Gasteiger partial charge in [0, 0.05) is 7.05 Å². The molecule has 0 fully saturated rings. The van der Waals surface area contributed by atoms with Gasteiger partial charge in [-0.3, -0.25) is 4.79 Å². The number of amides is 1. The fraction of sp³-hybridized carbons (Fsp3) is 0.300. The van der Waals surface area contributed by atoms with Crippen molar-refractivity contribution in [3.63, 3.8) is 0 Å². The number of carboxylic acids is 1. The molecule has 0 radical (unpaired) electrons. The summed E-state index contributed by atoms with van der Waals surface area (Å²) in [4.78, 5) is 27.1. The van der Waals surface area contributed by atoms with Crippen LogP contribution in [0.3, 0.4) is 0 Å². The molecule has 86 valence electrons. The quantitative estimate of drug-likeness (QED) is 0.754. The lowest BCUT2D eigenvalue weighted by molar-refractivity contribution is -0.138. The number of hydrogen-bond donors (Lipinski definition) is 2. The van der Waals surface area contributed by atoms with E-state index in [1.807, 2.05) is 0 Å². The highest BCUT2D eigenvalue weighted by molar-refractivity contribution is 5.91. The van der Waals surface area contributed by atoms with Gasteiger partial charge in [0.1, 0.15) is 17.6 Å². The standard InChI is InChI=1S/C10H13N3O3/c1-6(10(15)16)13(2)8-5-3-4-7(12-8)9(11)14/h3-6H,1-2H3,(H2,11,14)(H,15,16).